The number of benzene rings is 2. The molecular formula is C23H20BrN3O8S. The highest BCUT2D eigenvalue weighted by Gasteiger charge is 2.45. The van der Waals surface area contributed by atoms with E-state index in [0.717, 1.165) is 18.2 Å². The highest BCUT2D eigenvalue weighted by molar-refractivity contribution is 9.09. The van der Waals surface area contributed by atoms with E-state index in [1.165, 1.54) is 0 Å². The normalized spacial score (nSPS) is 18.6. The number of hydrogen-bond donors (Lipinski definition) is 0. The van der Waals surface area contributed by atoms with Gasteiger partial charge in [0.1, 0.15) is 17.5 Å². The maximum Gasteiger partial charge on any atom is 0.310 e. The third-order valence-corrected chi connectivity index (χ3v) is 8.17. The lowest BCUT2D eigenvalue weighted by molar-refractivity contribution is -0.394. The van der Waals surface area contributed by atoms with Crippen LogP contribution in [-0.4, -0.2) is 37.1 Å². The quantitative estimate of drug-likeness (QED) is 0.187. The maximum atomic E-state index is 12.9. The molecule has 0 radical (unpaired) electrons. The first-order chi connectivity index (χ1) is 16.8. The molecule has 0 spiro atoms. The van der Waals surface area contributed by atoms with Crippen LogP contribution in [0.25, 0.3) is 0 Å². The number of rotatable bonds is 7. The molecule has 0 N–H and O–H groups in total. The second kappa shape index (κ2) is 10.6. The smallest absolute Gasteiger partial charge is 0.310 e. The highest BCUT2D eigenvalue weighted by atomic mass is 79.9. The van der Waals surface area contributed by atoms with Crippen LogP contribution in [0.15, 0.2) is 36.4 Å². The first-order valence-corrected chi connectivity index (χ1v) is 12.4. The Morgan fingerprint density at radius 3 is 2.36 bits per heavy atom. The fourth-order valence-electron chi connectivity index (χ4n) is 3.44. The number of esters is 1. The van der Waals surface area contributed by atoms with Gasteiger partial charge in [-0.1, -0.05) is 34.6 Å². The number of hydrogen-bond acceptors (Lipinski definition) is 10. The number of halogens is 1. The van der Waals surface area contributed by atoms with E-state index < -0.39 is 54.8 Å². The van der Waals surface area contributed by atoms with Crippen molar-refractivity contribution >= 4 is 50.2 Å². The van der Waals surface area contributed by atoms with Crippen LogP contribution in [0.4, 0.5) is 11.4 Å². The largest absolute Gasteiger partial charge is 0.486 e. The summed E-state index contributed by atoms with van der Waals surface area (Å²) in [4.78, 5) is 45.6. The van der Waals surface area contributed by atoms with Gasteiger partial charge in [-0.05, 0) is 32.0 Å². The summed E-state index contributed by atoms with van der Waals surface area (Å²) >= 11 is 4.24. The van der Waals surface area contributed by atoms with Crippen LogP contribution in [0.3, 0.4) is 0 Å². The molecule has 36 heavy (non-hydrogen) atoms. The van der Waals surface area contributed by atoms with Gasteiger partial charge in [0, 0.05) is 29.0 Å². The van der Waals surface area contributed by atoms with Gasteiger partial charge in [-0.25, -0.2) is 0 Å². The fourth-order valence-corrected chi connectivity index (χ4v) is 4.74. The summed E-state index contributed by atoms with van der Waals surface area (Å²) in [6.45, 7) is 5.20. The van der Waals surface area contributed by atoms with Crippen molar-refractivity contribution in [3.8, 4) is 11.8 Å². The Labute approximate surface area is 218 Å². The van der Waals surface area contributed by atoms with E-state index in [9.17, 15) is 35.1 Å². The van der Waals surface area contributed by atoms with Gasteiger partial charge in [-0.3, -0.25) is 29.8 Å². The molecule has 2 aromatic carbocycles. The molecule has 2 unspecified atom stereocenters. The molecule has 1 aliphatic rings. The van der Waals surface area contributed by atoms with Crippen LogP contribution in [-0.2, 0) is 9.53 Å². The zero-order valence-corrected chi connectivity index (χ0v) is 21.7. The van der Waals surface area contributed by atoms with Crippen molar-refractivity contribution in [1.82, 2.24) is 0 Å². The summed E-state index contributed by atoms with van der Waals surface area (Å²) in [6, 6.07) is 9.56. The topological polar surface area (TPSA) is 163 Å². The first kappa shape index (κ1) is 27.1. The van der Waals surface area contributed by atoms with Gasteiger partial charge < -0.3 is 9.47 Å². The number of thioether (sulfide) groups is 1. The number of fused-ring (bicyclic) bond motifs is 1. The molecule has 1 aliphatic heterocycles. The number of ether oxygens (including phenoxy) is 2. The molecule has 2 aromatic rings. The second-order valence-corrected chi connectivity index (χ2v) is 10.6. The number of nitriles is 1. The van der Waals surface area contributed by atoms with E-state index in [1.54, 1.807) is 25.1 Å². The molecule has 0 aromatic heterocycles. The van der Waals surface area contributed by atoms with E-state index in [1.807, 2.05) is 19.9 Å². The molecule has 1 heterocycles. The molecule has 0 aliphatic carbocycles. The van der Waals surface area contributed by atoms with Crippen molar-refractivity contribution in [1.29, 1.82) is 5.26 Å². The minimum atomic E-state index is -0.823. The number of carbonyl (C=O) groups excluding carboxylic acids is 2. The minimum Gasteiger partial charge on any atom is -0.486 e. The van der Waals surface area contributed by atoms with E-state index in [2.05, 4.69) is 15.9 Å². The van der Waals surface area contributed by atoms with Gasteiger partial charge >= 0.3 is 5.97 Å². The molecule has 11 nitrogen and oxygen atoms in total. The number of nitro groups is 2. The molecule has 0 saturated carbocycles. The standard InChI is InChI=1S/C23H20BrN3O8S/c1-12(11-36-22(29)14-7-15(26(30)31)9-16(8-14)27(32)33)21(28)34-19-17-6-13(10-25)4-5-18(17)35-23(2,3)20(19)24/h4-9,12,19-20H,11H2,1-3H3/t12-,19?,20?/m1/s1. The Morgan fingerprint density at radius 1 is 1.19 bits per heavy atom. The van der Waals surface area contributed by atoms with E-state index in [-0.39, 0.29) is 11.3 Å². The summed E-state index contributed by atoms with van der Waals surface area (Å²) in [6.07, 6.45) is -0.771. The van der Waals surface area contributed by atoms with E-state index >= 15 is 0 Å². The average molecular weight is 578 g/mol. The number of non-ortho nitro benzene ring substituents is 2. The summed E-state index contributed by atoms with van der Waals surface area (Å²) in [5, 5.41) is 30.7. The lowest BCUT2D eigenvalue weighted by atomic mass is 9.90. The molecule has 188 valence electrons. The van der Waals surface area contributed by atoms with Gasteiger partial charge in [0.2, 0.25) is 5.12 Å². The Kier molecular flexibility index (Phi) is 8.00. The van der Waals surface area contributed by atoms with Crippen molar-refractivity contribution in [2.24, 2.45) is 5.92 Å². The molecule has 0 amide bonds. The Bertz CT molecular complexity index is 1260. The van der Waals surface area contributed by atoms with Gasteiger partial charge in [0.15, 0.2) is 0 Å². The highest BCUT2D eigenvalue weighted by Crippen LogP contribution is 2.45. The predicted molar refractivity (Wildman–Crippen MR) is 133 cm³/mol. The van der Waals surface area contributed by atoms with Crippen molar-refractivity contribution in [2.75, 3.05) is 5.75 Å². The zero-order chi connectivity index (χ0) is 26.8. The van der Waals surface area contributed by atoms with Crippen LogP contribution >= 0.6 is 27.7 Å². The summed E-state index contributed by atoms with van der Waals surface area (Å²) < 4.78 is 11.8. The fraction of sp³-hybridized carbons (Fsp3) is 0.348. The molecule has 0 saturated heterocycles. The zero-order valence-electron chi connectivity index (χ0n) is 19.3. The lowest BCUT2D eigenvalue weighted by Gasteiger charge is -2.41. The average Bonchev–Trinajstić information content (AvgIpc) is 2.84. The molecular weight excluding hydrogens is 558 g/mol. The van der Waals surface area contributed by atoms with Crippen LogP contribution in [0.5, 0.6) is 5.75 Å². The molecule has 0 bridgehead atoms. The molecule has 3 atom stereocenters. The molecule has 3 rings (SSSR count). The monoisotopic (exact) mass is 577 g/mol. The van der Waals surface area contributed by atoms with Gasteiger partial charge in [0.25, 0.3) is 11.4 Å². The summed E-state index contributed by atoms with van der Waals surface area (Å²) in [7, 11) is 0. The number of alkyl halides is 1. The third kappa shape index (κ3) is 5.83. The number of carbonyl (C=O) groups is 2. The number of nitrogens with zero attached hydrogens (tertiary/aromatic N) is 3. The summed E-state index contributed by atoms with van der Waals surface area (Å²) in [5.74, 6) is -0.919. The van der Waals surface area contributed by atoms with Crippen LogP contribution in [0.1, 0.15) is 48.4 Å². The Balaban J connectivity index is 1.74. The summed E-state index contributed by atoms with van der Waals surface area (Å²) in [5.41, 5.74) is -1.22. The van der Waals surface area contributed by atoms with Gasteiger partial charge in [-0.2, -0.15) is 5.26 Å². The SMILES string of the molecule is C[C@H](CSC(=O)c1cc([N+](=O)[O-])cc([N+](=O)[O-])c1)C(=O)OC1c2cc(C#N)ccc2OC(C)(C)C1Br. The van der Waals surface area contributed by atoms with Crippen LogP contribution in [0, 0.1) is 37.5 Å². The molecule has 13 heteroatoms. The third-order valence-electron chi connectivity index (χ3n) is 5.42. The second-order valence-electron chi connectivity index (χ2n) is 8.58. The Morgan fingerprint density at radius 2 is 1.81 bits per heavy atom. The maximum absolute atomic E-state index is 12.9. The number of nitro benzene ring substituents is 2. The van der Waals surface area contributed by atoms with E-state index in [0.29, 0.717) is 28.6 Å². The molecule has 0 fully saturated rings. The minimum absolute atomic E-state index is 0.0290. The Hall–Kier alpha value is -3.50. The first-order valence-electron chi connectivity index (χ1n) is 10.5. The van der Waals surface area contributed by atoms with Crippen molar-refractivity contribution in [3.63, 3.8) is 0 Å². The van der Waals surface area contributed by atoms with Gasteiger partial charge in [-0.15, -0.1) is 0 Å². The van der Waals surface area contributed by atoms with Crippen molar-refractivity contribution in [3.05, 3.63) is 73.3 Å². The lowest BCUT2D eigenvalue weighted by Crippen LogP contribution is -2.47. The predicted octanol–water partition coefficient (Wildman–Crippen LogP) is 5.10. The van der Waals surface area contributed by atoms with E-state index in [4.69, 9.17) is 9.47 Å². The van der Waals surface area contributed by atoms with Crippen LogP contribution < -0.4 is 4.74 Å². The van der Waals surface area contributed by atoms with Gasteiger partial charge in [0.05, 0.1) is 38.3 Å². The van der Waals surface area contributed by atoms with Crippen LogP contribution in [0.2, 0.25) is 0 Å². The van der Waals surface area contributed by atoms with Crippen molar-refractivity contribution in [2.45, 2.75) is 37.3 Å². The van der Waals surface area contributed by atoms with Crippen molar-refractivity contribution < 1.29 is 28.9 Å².